The Morgan fingerprint density at radius 1 is 1.35 bits per heavy atom. The standard InChI is InChI=1S/C17H23NO2/c1-12-9-16(17(19)20)7-8-18(12)11-13-3-2-4-15(10-13)14-5-6-14/h2-4,10,12,14,16H,5-9,11H2,1H3,(H,19,20). The minimum absolute atomic E-state index is 0.154. The van der Waals surface area contributed by atoms with Gasteiger partial charge in [-0.2, -0.15) is 0 Å². The molecule has 1 heterocycles. The highest BCUT2D eigenvalue weighted by atomic mass is 16.4. The van der Waals surface area contributed by atoms with Gasteiger partial charge >= 0.3 is 5.97 Å². The summed E-state index contributed by atoms with van der Waals surface area (Å²) in [6.07, 6.45) is 4.23. The molecule has 1 aliphatic carbocycles. The monoisotopic (exact) mass is 273 g/mol. The molecule has 3 heteroatoms. The minimum Gasteiger partial charge on any atom is -0.481 e. The van der Waals surface area contributed by atoms with Gasteiger partial charge in [-0.1, -0.05) is 24.3 Å². The first kappa shape index (κ1) is 13.6. The molecule has 20 heavy (non-hydrogen) atoms. The molecule has 1 saturated carbocycles. The summed E-state index contributed by atoms with van der Waals surface area (Å²) < 4.78 is 0. The molecule has 0 amide bonds. The number of carboxylic acid groups (broad SMARTS) is 1. The van der Waals surface area contributed by atoms with Crippen LogP contribution in [0.3, 0.4) is 0 Å². The van der Waals surface area contributed by atoms with E-state index in [9.17, 15) is 4.79 Å². The second-order valence-corrected chi connectivity index (χ2v) is 6.40. The summed E-state index contributed by atoms with van der Waals surface area (Å²) in [5.41, 5.74) is 2.85. The third-order valence-electron chi connectivity index (χ3n) is 4.75. The Labute approximate surface area is 120 Å². The topological polar surface area (TPSA) is 40.5 Å². The van der Waals surface area contributed by atoms with Crippen LogP contribution in [-0.4, -0.2) is 28.6 Å². The van der Waals surface area contributed by atoms with Gasteiger partial charge in [-0.25, -0.2) is 0 Å². The molecule has 3 nitrogen and oxygen atoms in total. The van der Waals surface area contributed by atoms with Crippen molar-refractivity contribution in [2.24, 2.45) is 5.92 Å². The van der Waals surface area contributed by atoms with E-state index >= 15 is 0 Å². The predicted molar refractivity (Wildman–Crippen MR) is 78.6 cm³/mol. The highest BCUT2D eigenvalue weighted by molar-refractivity contribution is 5.70. The van der Waals surface area contributed by atoms with E-state index in [-0.39, 0.29) is 5.92 Å². The maximum absolute atomic E-state index is 11.1. The SMILES string of the molecule is CC1CC(C(=O)O)CCN1Cc1cccc(C2CC2)c1. The van der Waals surface area contributed by atoms with E-state index in [4.69, 9.17) is 5.11 Å². The lowest BCUT2D eigenvalue weighted by Gasteiger charge is -2.36. The molecule has 2 fully saturated rings. The van der Waals surface area contributed by atoms with Crippen molar-refractivity contribution >= 4 is 5.97 Å². The molecule has 3 rings (SSSR count). The van der Waals surface area contributed by atoms with Gasteiger partial charge in [-0.3, -0.25) is 9.69 Å². The molecule has 1 aromatic rings. The fourth-order valence-electron chi connectivity index (χ4n) is 3.28. The largest absolute Gasteiger partial charge is 0.481 e. The third kappa shape index (κ3) is 3.04. The predicted octanol–water partition coefficient (Wildman–Crippen LogP) is 3.25. The molecule has 2 atom stereocenters. The maximum atomic E-state index is 11.1. The lowest BCUT2D eigenvalue weighted by Crippen LogP contribution is -2.42. The van der Waals surface area contributed by atoms with E-state index in [1.807, 2.05) is 0 Å². The molecule has 0 bridgehead atoms. The van der Waals surface area contributed by atoms with E-state index in [0.717, 1.165) is 31.8 Å². The molecule has 0 aromatic heterocycles. The fraction of sp³-hybridized carbons (Fsp3) is 0.588. The number of rotatable bonds is 4. The van der Waals surface area contributed by atoms with Gasteiger partial charge in [0.05, 0.1) is 5.92 Å². The molecule has 2 aliphatic rings. The second-order valence-electron chi connectivity index (χ2n) is 6.40. The van der Waals surface area contributed by atoms with Gasteiger partial charge in [0.15, 0.2) is 0 Å². The Kier molecular flexibility index (Phi) is 3.79. The number of nitrogens with zero attached hydrogens (tertiary/aromatic N) is 1. The molecule has 1 aromatic carbocycles. The number of carboxylic acids is 1. The van der Waals surface area contributed by atoms with Crippen LogP contribution in [0.2, 0.25) is 0 Å². The van der Waals surface area contributed by atoms with Crippen LogP contribution in [-0.2, 0) is 11.3 Å². The summed E-state index contributed by atoms with van der Waals surface area (Å²) in [7, 11) is 0. The lowest BCUT2D eigenvalue weighted by atomic mass is 9.91. The van der Waals surface area contributed by atoms with Gasteiger partial charge in [-0.15, -0.1) is 0 Å². The highest BCUT2D eigenvalue weighted by Crippen LogP contribution is 2.40. The van der Waals surface area contributed by atoms with Crippen LogP contribution in [0.25, 0.3) is 0 Å². The molecule has 1 saturated heterocycles. The van der Waals surface area contributed by atoms with E-state index in [0.29, 0.717) is 6.04 Å². The molecular weight excluding hydrogens is 250 g/mol. The summed E-state index contributed by atoms with van der Waals surface area (Å²) >= 11 is 0. The van der Waals surface area contributed by atoms with Crippen LogP contribution >= 0.6 is 0 Å². The number of benzene rings is 1. The van der Waals surface area contributed by atoms with E-state index < -0.39 is 5.97 Å². The zero-order chi connectivity index (χ0) is 14.1. The van der Waals surface area contributed by atoms with Crippen molar-refractivity contribution in [3.63, 3.8) is 0 Å². The van der Waals surface area contributed by atoms with Crippen LogP contribution < -0.4 is 0 Å². The van der Waals surface area contributed by atoms with Gasteiger partial charge in [0.25, 0.3) is 0 Å². The summed E-state index contributed by atoms with van der Waals surface area (Å²) in [6.45, 7) is 4.00. The molecule has 0 radical (unpaired) electrons. The van der Waals surface area contributed by atoms with Crippen molar-refractivity contribution in [1.29, 1.82) is 0 Å². The maximum Gasteiger partial charge on any atom is 0.306 e. The van der Waals surface area contributed by atoms with E-state index in [2.05, 4.69) is 36.1 Å². The van der Waals surface area contributed by atoms with Crippen molar-refractivity contribution in [3.8, 4) is 0 Å². The Balaban J connectivity index is 1.63. The normalized spacial score (nSPS) is 27.4. The molecular formula is C17H23NO2. The third-order valence-corrected chi connectivity index (χ3v) is 4.75. The van der Waals surface area contributed by atoms with Crippen molar-refractivity contribution in [2.75, 3.05) is 6.54 Å². The van der Waals surface area contributed by atoms with Crippen LogP contribution in [0, 0.1) is 5.92 Å². The van der Waals surface area contributed by atoms with Gasteiger partial charge < -0.3 is 5.11 Å². The van der Waals surface area contributed by atoms with Gasteiger partial charge in [0.2, 0.25) is 0 Å². The van der Waals surface area contributed by atoms with Crippen LogP contribution in [0.5, 0.6) is 0 Å². The summed E-state index contributed by atoms with van der Waals surface area (Å²) in [6, 6.07) is 9.29. The quantitative estimate of drug-likeness (QED) is 0.915. The smallest absolute Gasteiger partial charge is 0.306 e. The Hall–Kier alpha value is -1.35. The molecule has 0 spiro atoms. The van der Waals surface area contributed by atoms with Crippen molar-refractivity contribution in [3.05, 3.63) is 35.4 Å². The van der Waals surface area contributed by atoms with Crippen LogP contribution in [0.15, 0.2) is 24.3 Å². The Bertz CT molecular complexity index is 496. The first-order valence-electron chi connectivity index (χ1n) is 7.69. The number of likely N-dealkylation sites (tertiary alicyclic amines) is 1. The number of piperidine rings is 1. The highest BCUT2D eigenvalue weighted by Gasteiger charge is 2.29. The average molecular weight is 273 g/mol. The number of hydrogen-bond donors (Lipinski definition) is 1. The fourth-order valence-corrected chi connectivity index (χ4v) is 3.28. The lowest BCUT2D eigenvalue weighted by molar-refractivity contribution is -0.144. The Morgan fingerprint density at radius 3 is 2.80 bits per heavy atom. The second kappa shape index (κ2) is 5.57. The summed E-state index contributed by atoms with van der Waals surface area (Å²) in [5, 5.41) is 9.12. The van der Waals surface area contributed by atoms with Gasteiger partial charge in [0.1, 0.15) is 0 Å². The van der Waals surface area contributed by atoms with Crippen molar-refractivity contribution in [1.82, 2.24) is 4.90 Å². The van der Waals surface area contributed by atoms with Crippen LogP contribution in [0.4, 0.5) is 0 Å². The first-order valence-corrected chi connectivity index (χ1v) is 7.69. The molecule has 108 valence electrons. The van der Waals surface area contributed by atoms with Gasteiger partial charge in [0, 0.05) is 12.6 Å². The van der Waals surface area contributed by atoms with E-state index in [1.54, 1.807) is 0 Å². The number of aliphatic carboxylic acids is 1. The van der Waals surface area contributed by atoms with Crippen LogP contribution in [0.1, 0.15) is 49.7 Å². The number of carbonyl (C=O) groups is 1. The molecule has 2 unspecified atom stereocenters. The number of hydrogen-bond acceptors (Lipinski definition) is 2. The zero-order valence-electron chi connectivity index (χ0n) is 12.1. The van der Waals surface area contributed by atoms with E-state index in [1.165, 1.54) is 24.0 Å². The van der Waals surface area contributed by atoms with Crippen molar-refractivity contribution in [2.45, 2.75) is 51.1 Å². The summed E-state index contributed by atoms with van der Waals surface area (Å²) in [4.78, 5) is 13.5. The Morgan fingerprint density at radius 2 is 2.15 bits per heavy atom. The minimum atomic E-state index is -0.632. The molecule has 1 aliphatic heterocycles. The van der Waals surface area contributed by atoms with Crippen molar-refractivity contribution < 1.29 is 9.90 Å². The molecule has 1 N–H and O–H groups in total. The zero-order valence-corrected chi connectivity index (χ0v) is 12.1. The summed E-state index contributed by atoms with van der Waals surface area (Å²) in [5.74, 6) is 0.0106. The first-order chi connectivity index (χ1) is 9.63. The van der Waals surface area contributed by atoms with Gasteiger partial charge in [-0.05, 0) is 56.2 Å². The average Bonchev–Trinajstić information content (AvgIpc) is 3.25.